The summed E-state index contributed by atoms with van der Waals surface area (Å²) in [6.07, 6.45) is 6.67. The SMILES string of the molecule is CN1CCN(C)C2(CCN(c3cc(C4CC4)nn4cnnc34)CC2)C1. The van der Waals surface area contributed by atoms with Crippen molar-refractivity contribution >= 4 is 11.3 Å². The number of hydrogen-bond acceptors (Lipinski definition) is 6. The predicted octanol–water partition coefficient (Wildman–Crippen LogP) is 1.22. The van der Waals surface area contributed by atoms with E-state index in [9.17, 15) is 0 Å². The lowest BCUT2D eigenvalue weighted by Gasteiger charge is -2.52. The van der Waals surface area contributed by atoms with Crippen LogP contribution in [0.4, 0.5) is 5.69 Å². The molecule has 0 unspecified atom stereocenters. The molecule has 7 nitrogen and oxygen atoms in total. The standard InChI is InChI=1S/C18H27N7/c1-22-9-10-23(2)18(12-22)5-7-24(8-6-18)16-11-15(14-3-4-14)21-25-13-19-20-17(16)25/h11,13-14H,3-10,12H2,1-2H3. The van der Waals surface area contributed by atoms with Crippen LogP contribution in [-0.4, -0.2) is 82.0 Å². The molecule has 0 amide bonds. The fourth-order valence-electron chi connectivity index (χ4n) is 4.60. The third kappa shape index (κ3) is 2.60. The van der Waals surface area contributed by atoms with Gasteiger partial charge in [0.1, 0.15) is 6.33 Å². The first-order valence-corrected chi connectivity index (χ1v) is 9.50. The Hall–Kier alpha value is -1.73. The Kier molecular flexibility index (Phi) is 3.50. The maximum Gasteiger partial charge on any atom is 0.200 e. The number of anilines is 1. The Balaban J connectivity index is 1.42. The van der Waals surface area contributed by atoms with Gasteiger partial charge in [0.05, 0.1) is 11.4 Å². The quantitative estimate of drug-likeness (QED) is 0.819. The van der Waals surface area contributed by atoms with Crippen LogP contribution in [0.2, 0.25) is 0 Å². The summed E-state index contributed by atoms with van der Waals surface area (Å²) in [5.74, 6) is 0.639. The summed E-state index contributed by atoms with van der Waals surface area (Å²) < 4.78 is 1.87. The molecular weight excluding hydrogens is 314 g/mol. The second-order valence-electron chi connectivity index (χ2n) is 8.20. The van der Waals surface area contributed by atoms with Gasteiger partial charge in [-0.1, -0.05) is 0 Å². The van der Waals surface area contributed by atoms with Crippen LogP contribution in [-0.2, 0) is 0 Å². The lowest BCUT2D eigenvalue weighted by molar-refractivity contribution is 0.00948. The number of fused-ring (bicyclic) bond motifs is 1. The molecule has 0 atom stereocenters. The van der Waals surface area contributed by atoms with Crippen molar-refractivity contribution in [3.63, 3.8) is 0 Å². The highest BCUT2D eigenvalue weighted by Crippen LogP contribution is 2.41. The van der Waals surface area contributed by atoms with E-state index in [0.717, 1.165) is 18.7 Å². The molecule has 0 bridgehead atoms. The lowest BCUT2D eigenvalue weighted by Crippen LogP contribution is -2.63. The molecule has 1 aliphatic carbocycles. The number of aromatic nitrogens is 4. The molecule has 2 saturated heterocycles. The van der Waals surface area contributed by atoms with Gasteiger partial charge in [0.2, 0.25) is 5.65 Å². The van der Waals surface area contributed by atoms with Crippen LogP contribution >= 0.6 is 0 Å². The highest BCUT2D eigenvalue weighted by molar-refractivity contribution is 5.68. The molecule has 3 fully saturated rings. The minimum absolute atomic E-state index is 0.333. The van der Waals surface area contributed by atoms with Crippen molar-refractivity contribution in [1.82, 2.24) is 29.6 Å². The van der Waals surface area contributed by atoms with Gasteiger partial charge < -0.3 is 9.80 Å². The van der Waals surface area contributed by atoms with Crippen LogP contribution in [0.3, 0.4) is 0 Å². The lowest BCUT2D eigenvalue weighted by atomic mass is 9.83. The third-order valence-corrected chi connectivity index (χ3v) is 6.49. The highest BCUT2D eigenvalue weighted by atomic mass is 15.4. The molecule has 0 aromatic carbocycles. The first-order valence-electron chi connectivity index (χ1n) is 9.50. The van der Waals surface area contributed by atoms with Crippen molar-refractivity contribution in [2.24, 2.45) is 0 Å². The molecule has 1 spiro atoms. The molecule has 0 N–H and O–H groups in total. The van der Waals surface area contributed by atoms with E-state index in [-0.39, 0.29) is 0 Å². The van der Waals surface area contributed by atoms with E-state index in [1.807, 2.05) is 4.52 Å². The van der Waals surface area contributed by atoms with Crippen molar-refractivity contribution in [1.29, 1.82) is 0 Å². The Morgan fingerprint density at radius 1 is 1.08 bits per heavy atom. The molecule has 3 aliphatic rings. The zero-order valence-corrected chi connectivity index (χ0v) is 15.2. The maximum atomic E-state index is 4.71. The topological polar surface area (TPSA) is 52.8 Å². The van der Waals surface area contributed by atoms with E-state index in [1.54, 1.807) is 6.33 Å². The number of piperidine rings is 1. The molecule has 25 heavy (non-hydrogen) atoms. The summed E-state index contributed by atoms with van der Waals surface area (Å²) in [6.45, 7) is 5.69. The van der Waals surface area contributed by atoms with Gasteiger partial charge in [0.25, 0.3) is 0 Å². The Morgan fingerprint density at radius 2 is 1.88 bits per heavy atom. The van der Waals surface area contributed by atoms with Crippen molar-refractivity contribution in [2.45, 2.75) is 37.1 Å². The fourth-order valence-corrected chi connectivity index (χ4v) is 4.60. The zero-order chi connectivity index (χ0) is 17.0. The van der Waals surface area contributed by atoms with Crippen molar-refractivity contribution in [2.75, 3.05) is 51.7 Å². The van der Waals surface area contributed by atoms with Crippen LogP contribution < -0.4 is 4.90 Å². The van der Waals surface area contributed by atoms with Gasteiger partial charge in [-0.2, -0.15) is 9.61 Å². The Morgan fingerprint density at radius 3 is 2.64 bits per heavy atom. The van der Waals surface area contributed by atoms with Crippen LogP contribution in [0.15, 0.2) is 12.4 Å². The molecule has 0 radical (unpaired) electrons. The van der Waals surface area contributed by atoms with Crippen molar-refractivity contribution < 1.29 is 0 Å². The van der Waals surface area contributed by atoms with Gasteiger partial charge in [0.15, 0.2) is 0 Å². The normalized spacial score (nSPS) is 25.1. The van der Waals surface area contributed by atoms with Crippen LogP contribution in [0.1, 0.15) is 37.3 Å². The minimum atomic E-state index is 0.333. The van der Waals surface area contributed by atoms with E-state index in [2.05, 4.69) is 45.1 Å². The molecule has 5 rings (SSSR count). The summed E-state index contributed by atoms with van der Waals surface area (Å²) >= 11 is 0. The second kappa shape index (κ2) is 5.64. The van der Waals surface area contributed by atoms with E-state index < -0.39 is 0 Å². The number of rotatable bonds is 2. The van der Waals surface area contributed by atoms with Gasteiger partial charge in [-0.05, 0) is 45.8 Å². The summed E-state index contributed by atoms with van der Waals surface area (Å²) in [5.41, 5.74) is 3.66. The molecule has 134 valence electrons. The average Bonchev–Trinajstić information content (AvgIpc) is 3.36. The van der Waals surface area contributed by atoms with Crippen LogP contribution in [0.5, 0.6) is 0 Å². The van der Waals surface area contributed by atoms with Crippen LogP contribution in [0, 0.1) is 0 Å². The third-order valence-electron chi connectivity index (χ3n) is 6.49. The van der Waals surface area contributed by atoms with Gasteiger partial charge in [-0.3, -0.25) is 4.90 Å². The fraction of sp³-hybridized carbons (Fsp3) is 0.722. The first kappa shape index (κ1) is 15.5. The van der Waals surface area contributed by atoms with E-state index in [0.29, 0.717) is 11.5 Å². The summed E-state index contributed by atoms with van der Waals surface area (Å²) in [7, 11) is 4.56. The Bertz CT molecular complexity index is 773. The minimum Gasteiger partial charge on any atom is -0.368 e. The molecule has 2 aliphatic heterocycles. The molecule has 1 saturated carbocycles. The number of likely N-dealkylation sites (N-methyl/N-ethyl adjacent to an activating group) is 2. The largest absolute Gasteiger partial charge is 0.368 e. The second-order valence-corrected chi connectivity index (χ2v) is 8.20. The van der Waals surface area contributed by atoms with Gasteiger partial charge >= 0.3 is 0 Å². The zero-order valence-electron chi connectivity index (χ0n) is 15.2. The molecular formula is C18H27N7. The molecule has 7 heteroatoms. The maximum absolute atomic E-state index is 4.71. The number of hydrogen-bond donors (Lipinski definition) is 0. The van der Waals surface area contributed by atoms with E-state index in [1.165, 1.54) is 56.7 Å². The number of nitrogens with zero attached hydrogens (tertiary/aromatic N) is 7. The summed E-state index contributed by atoms with van der Waals surface area (Å²) in [4.78, 5) is 7.59. The molecule has 4 heterocycles. The van der Waals surface area contributed by atoms with Gasteiger partial charge in [-0.25, -0.2) is 0 Å². The monoisotopic (exact) mass is 341 g/mol. The smallest absolute Gasteiger partial charge is 0.200 e. The summed E-state index contributed by atoms with van der Waals surface area (Å²) in [6, 6.07) is 2.27. The average molecular weight is 341 g/mol. The van der Waals surface area contributed by atoms with Gasteiger partial charge in [0, 0.05) is 44.2 Å². The number of piperazine rings is 1. The first-order chi connectivity index (χ1) is 12.1. The molecule has 2 aromatic heterocycles. The summed E-state index contributed by atoms with van der Waals surface area (Å²) in [5, 5.41) is 13.1. The van der Waals surface area contributed by atoms with Crippen molar-refractivity contribution in [3.8, 4) is 0 Å². The van der Waals surface area contributed by atoms with E-state index in [4.69, 9.17) is 5.10 Å². The van der Waals surface area contributed by atoms with Crippen molar-refractivity contribution in [3.05, 3.63) is 18.1 Å². The Labute approximate surface area is 148 Å². The van der Waals surface area contributed by atoms with Gasteiger partial charge in [-0.15, -0.1) is 10.2 Å². The van der Waals surface area contributed by atoms with Crippen LogP contribution in [0.25, 0.3) is 5.65 Å². The predicted molar refractivity (Wildman–Crippen MR) is 97.1 cm³/mol. The van der Waals surface area contributed by atoms with E-state index >= 15 is 0 Å². The highest BCUT2D eigenvalue weighted by Gasteiger charge is 2.41. The molecule has 2 aromatic rings.